The van der Waals surface area contributed by atoms with Crippen LogP contribution in [0.4, 0.5) is 5.69 Å². The summed E-state index contributed by atoms with van der Waals surface area (Å²) in [7, 11) is -3.45. The van der Waals surface area contributed by atoms with E-state index >= 15 is 0 Å². The summed E-state index contributed by atoms with van der Waals surface area (Å²) in [4.78, 5) is 17.0. The van der Waals surface area contributed by atoms with Crippen molar-refractivity contribution in [3.05, 3.63) is 64.7 Å². The maximum absolute atomic E-state index is 12.8. The fraction of sp³-hybridized carbons (Fsp3) is 0.435. The molecule has 30 heavy (non-hydrogen) atoms. The molecule has 0 N–H and O–H groups in total. The zero-order chi connectivity index (χ0) is 21.9. The first-order valence-electron chi connectivity index (χ1n) is 10.3. The van der Waals surface area contributed by atoms with E-state index in [1.807, 2.05) is 49.1 Å². The minimum Gasteiger partial charge on any atom is -0.336 e. The van der Waals surface area contributed by atoms with Crippen LogP contribution in [0.15, 0.2) is 42.5 Å². The van der Waals surface area contributed by atoms with Crippen molar-refractivity contribution in [2.45, 2.75) is 27.3 Å². The molecule has 1 saturated heterocycles. The summed E-state index contributed by atoms with van der Waals surface area (Å²) in [5.74, 6) is 0.0339. The third kappa shape index (κ3) is 5.40. The number of aryl methyl sites for hydroxylation is 2. The Morgan fingerprint density at radius 2 is 1.53 bits per heavy atom. The van der Waals surface area contributed by atoms with Gasteiger partial charge in [-0.3, -0.25) is 9.10 Å². The molecule has 162 valence electrons. The first-order chi connectivity index (χ1) is 14.2. The minimum atomic E-state index is -3.45. The number of rotatable bonds is 6. The molecular weight excluding hydrogens is 398 g/mol. The number of carbonyl (C=O) groups is 1. The van der Waals surface area contributed by atoms with E-state index in [2.05, 4.69) is 11.8 Å². The summed E-state index contributed by atoms with van der Waals surface area (Å²) in [6, 6.07) is 13.1. The number of carbonyl (C=O) groups excluding carboxylic acids is 1. The first kappa shape index (κ1) is 22.3. The molecule has 1 fully saturated rings. The summed E-state index contributed by atoms with van der Waals surface area (Å²) in [6.45, 7) is 10.6. The molecule has 0 unspecified atom stereocenters. The van der Waals surface area contributed by atoms with Crippen molar-refractivity contribution in [1.82, 2.24) is 9.80 Å². The van der Waals surface area contributed by atoms with Crippen LogP contribution in [-0.2, 0) is 16.6 Å². The highest BCUT2D eigenvalue weighted by Gasteiger charge is 2.22. The number of piperazine rings is 1. The molecule has 6 nitrogen and oxygen atoms in total. The molecule has 2 aromatic carbocycles. The van der Waals surface area contributed by atoms with Crippen LogP contribution in [0.3, 0.4) is 0 Å². The number of hydrogen-bond donors (Lipinski definition) is 0. The Hall–Kier alpha value is -2.38. The number of benzene rings is 2. The van der Waals surface area contributed by atoms with Crippen molar-refractivity contribution in [2.24, 2.45) is 0 Å². The van der Waals surface area contributed by atoms with E-state index in [0.717, 1.165) is 49.4 Å². The molecule has 2 aromatic rings. The van der Waals surface area contributed by atoms with Gasteiger partial charge in [0.1, 0.15) is 0 Å². The molecule has 1 aliphatic heterocycles. The van der Waals surface area contributed by atoms with Crippen LogP contribution < -0.4 is 4.31 Å². The van der Waals surface area contributed by atoms with Crippen molar-refractivity contribution >= 4 is 21.6 Å². The van der Waals surface area contributed by atoms with Crippen LogP contribution in [0.2, 0.25) is 0 Å². The van der Waals surface area contributed by atoms with Crippen LogP contribution in [0.25, 0.3) is 0 Å². The Bertz CT molecular complexity index is 975. The Balaban J connectivity index is 1.75. The highest BCUT2D eigenvalue weighted by molar-refractivity contribution is 7.92. The standard InChI is InChI=1S/C23H31N3O3S/c1-5-24-10-12-25(13-11-24)23(27)21-8-6-20(7-9-21)17-26(30(4,28)29)22-15-18(2)14-19(3)16-22/h6-9,14-16H,5,10-13,17H2,1-4H3. The van der Waals surface area contributed by atoms with Gasteiger partial charge in [0.2, 0.25) is 10.0 Å². The zero-order valence-electron chi connectivity index (χ0n) is 18.3. The monoisotopic (exact) mass is 429 g/mol. The van der Waals surface area contributed by atoms with Gasteiger partial charge in [-0.25, -0.2) is 8.42 Å². The predicted octanol–water partition coefficient (Wildman–Crippen LogP) is 3.05. The van der Waals surface area contributed by atoms with Crippen LogP contribution in [-0.4, -0.2) is 63.1 Å². The summed E-state index contributed by atoms with van der Waals surface area (Å²) >= 11 is 0. The zero-order valence-corrected chi connectivity index (χ0v) is 19.1. The lowest BCUT2D eigenvalue weighted by Gasteiger charge is -2.34. The molecule has 0 saturated carbocycles. The van der Waals surface area contributed by atoms with Gasteiger partial charge in [-0.1, -0.05) is 25.1 Å². The second-order valence-electron chi connectivity index (χ2n) is 8.04. The quantitative estimate of drug-likeness (QED) is 0.708. The van der Waals surface area contributed by atoms with Gasteiger partial charge in [-0.05, 0) is 61.3 Å². The third-order valence-corrected chi connectivity index (χ3v) is 6.67. The van der Waals surface area contributed by atoms with E-state index in [9.17, 15) is 13.2 Å². The lowest BCUT2D eigenvalue weighted by atomic mass is 10.1. The molecule has 0 radical (unpaired) electrons. The second kappa shape index (κ2) is 9.18. The van der Waals surface area contributed by atoms with Crippen molar-refractivity contribution in [3.63, 3.8) is 0 Å². The molecule has 1 heterocycles. The van der Waals surface area contributed by atoms with Crippen molar-refractivity contribution in [2.75, 3.05) is 43.3 Å². The average Bonchev–Trinajstić information content (AvgIpc) is 2.70. The normalized spacial score (nSPS) is 15.3. The number of hydrogen-bond acceptors (Lipinski definition) is 4. The summed E-state index contributed by atoms with van der Waals surface area (Å²) in [6.07, 6.45) is 1.22. The molecule has 1 aliphatic rings. The maximum Gasteiger partial charge on any atom is 0.253 e. The molecule has 0 atom stereocenters. The minimum absolute atomic E-state index is 0.0339. The first-order valence-corrected chi connectivity index (χ1v) is 12.2. The lowest BCUT2D eigenvalue weighted by molar-refractivity contribution is 0.0643. The molecule has 0 spiro atoms. The van der Waals surface area contributed by atoms with Crippen LogP contribution in [0, 0.1) is 13.8 Å². The van der Waals surface area contributed by atoms with Crippen molar-refractivity contribution in [3.8, 4) is 0 Å². The van der Waals surface area contributed by atoms with E-state index in [-0.39, 0.29) is 12.5 Å². The molecule has 1 amide bonds. The summed E-state index contributed by atoms with van der Waals surface area (Å²) in [5.41, 5.74) is 4.17. The second-order valence-corrected chi connectivity index (χ2v) is 9.95. The number of amides is 1. The fourth-order valence-corrected chi connectivity index (χ4v) is 4.73. The summed E-state index contributed by atoms with van der Waals surface area (Å²) < 4.78 is 26.3. The van der Waals surface area contributed by atoms with E-state index in [4.69, 9.17) is 0 Å². The van der Waals surface area contributed by atoms with Crippen molar-refractivity contribution < 1.29 is 13.2 Å². The smallest absolute Gasteiger partial charge is 0.253 e. The Morgan fingerprint density at radius 3 is 2.03 bits per heavy atom. The summed E-state index contributed by atoms with van der Waals surface area (Å²) in [5, 5.41) is 0. The van der Waals surface area contributed by atoms with Gasteiger partial charge in [-0.15, -0.1) is 0 Å². The third-order valence-electron chi connectivity index (χ3n) is 5.53. The van der Waals surface area contributed by atoms with Crippen molar-refractivity contribution in [1.29, 1.82) is 0 Å². The fourth-order valence-electron chi connectivity index (χ4n) is 3.86. The average molecular weight is 430 g/mol. The highest BCUT2D eigenvalue weighted by atomic mass is 32.2. The van der Waals surface area contributed by atoms with E-state index in [1.165, 1.54) is 10.6 Å². The number of nitrogens with zero attached hydrogens (tertiary/aromatic N) is 3. The molecule has 0 aromatic heterocycles. The Kier molecular flexibility index (Phi) is 6.83. The lowest BCUT2D eigenvalue weighted by Crippen LogP contribution is -2.48. The van der Waals surface area contributed by atoms with Gasteiger partial charge in [0, 0.05) is 31.7 Å². The Labute approximate surface area is 180 Å². The predicted molar refractivity (Wildman–Crippen MR) is 121 cm³/mol. The van der Waals surface area contributed by atoms with Gasteiger partial charge in [0.15, 0.2) is 0 Å². The number of likely N-dealkylation sites (N-methyl/N-ethyl adjacent to an activating group) is 1. The van der Waals surface area contributed by atoms with Crippen LogP contribution >= 0.6 is 0 Å². The molecule has 3 rings (SSSR count). The van der Waals surface area contributed by atoms with Crippen LogP contribution in [0.1, 0.15) is 34.0 Å². The largest absolute Gasteiger partial charge is 0.336 e. The number of sulfonamides is 1. The van der Waals surface area contributed by atoms with Gasteiger partial charge in [0.05, 0.1) is 18.5 Å². The molecule has 7 heteroatoms. The van der Waals surface area contributed by atoms with Gasteiger partial charge < -0.3 is 9.80 Å². The molecule has 0 bridgehead atoms. The van der Waals surface area contributed by atoms with Crippen LogP contribution in [0.5, 0.6) is 0 Å². The van der Waals surface area contributed by atoms with E-state index < -0.39 is 10.0 Å². The number of anilines is 1. The highest BCUT2D eigenvalue weighted by Crippen LogP contribution is 2.24. The van der Waals surface area contributed by atoms with E-state index in [0.29, 0.717) is 11.3 Å². The SMILES string of the molecule is CCN1CCN(C(=O)c2ccc(CN(c3cc(C)cc(C)c3)S(C)(=O)=O)cc2)CC1. The van der Waals surface area contributed by atoms with Gasteiger partial charge in [0.25, 0.3) is 5.91 Å². The van der Waals surface area contributed by atoms with E-state index in [1.54, 1.807) is 12.1 Å². The molecular formula is C23H31N3O3S. The maximum atomic E-state index is 12.8. The Morgan fingerprint density at radius 1 is 0.967 bits per heavy atom. The molecule has 0 aliphatic carbocycles. The topological polar surface area (TPSA) is 60.9 Å². The van der Waals surface area contributed by atoms with Gasteiger partial charge >= 0.3 is 0 Å². The van der Waals surface area contributed by atoms with Gasteiger partial charge in [-0.2, -0.15) is 0 Å².